The van der Waals surface area contributed by atoms with Crippen LogP contribution in [0.5, 0.6) is 5.88 Å². The smallest absolute Gasteiger partial charge is 0.346 e. The maximum Gasteiger partial charge on any atom is 0.346 e. The van der Waals surface area contributed by atoms with Crippen molar-refractivity contribution in [3.05, 3.63) is 78.9 Å². The lowest BCUT2D eigenvalue weighted by Gasteiger charge is -2.36. The molecule has 0 aliphatic heterocycles. The number of hydrogen-bond donors (Lipinski definition) is 0. The number of halogens is 2. The number of rotatable bonds is 4. The largest absolute Gasteiger partial charge is 0.403 e. The number of carbonyl (C=O) groups excluding carboxylic acids is 2. The average Bonchev–Trinajstić information content (AvgIpc) is 3.02. The Morgan fingerprint density at radius 2 is 1.79 bits per heavy atom. The summed E-state index contributed by atoms with van der Waals surface area (Å²) >= 11 is 12.1. The summed E-state index contributed by atoms with van der Waals surface area (Å²) in [7, 11) is 1.64. The predicted octanol–water partition coefficient (Wildman–Crippen LogP) is 6.72. The molecule has 7 heteroatoms. The van der Waals surface area contributed by atoms with Gasteiger partial charge in [0.1, 0.15) is 5.56 Å². The van der Waals surface area contributed by atoms with E-state index in [9.17, 15) is 9.59 Å². The zero-order valence-electron chi connectivity index (χ0n) is 20.3. The third-order valence-electron chi connectivity index (χ3n) is 6.80. The first-order valence-electron chi connectivity index (χ1n) is 11.3. The maximum atomic E-state index is 13.9. The summed E-state index contributed by atoms with van der Waals surface area (Å²) in [5, 5.41) is 4.96. The van der Waals surface area contributed by atoms with Crippen LogP contribution in [0.15, 0.2) is 24.3 Å². The lowest BCUT2D eigenvalue weighted by atomic mass is 9.68. The van der Waals surface area contributed by atoms with E-state index in [-0.39, 0.29) is 33.2 Å². The van der Waals surface area contributed by atoms with Gasteiger partial charge in [-0.15, -0.1) is 0 Å². The van der Waals surface area contributed by atoms with Crippen molar-refractivity contribution in [1.82, 2.24) is 9.78 Å². The molecule has 2 aromatic carbocycles. The standard InChI is InChI=1S/C27H28Cl2N2O3/c1-14-12-20(15(2)23-18(14)8-7-11-27(23,4)5)24(32)22-16(3)30-31(6)25(22)34-26(33)19-10-9-17(28)13-21(19)29/h9-10,12-13H,7-8,11H2,1-6H3. The number of ether oxygens (including phenoxy) is 1. The highest BCUT2D eigenvalue weighted by Gasteiger charge is 2.34. The molecule has 0 saturated heterocycles. The molecule has 0 fully saturated rings. The van der Waals surface area contributed by atoms with E-state index in [4.69, 9.17) is 27.9 Å². The van der Waals surface area contributed by atoms with Gasteiger partial charge in [0, 0.05) is 17.6 Å². The average molecular weight is 499 g/mol. The quantitative estimate of drug-likeness (QED) is 0.296. The van der Waals surface area contributed by atoms with E-state index in [0.29, 0.717) is 16.3 Å². The van der Waals surface area contributed by atoms with Crippen LogP contribution in [0.4, 0.5) is 0 Å². The molecular formula is C27H28Cl2N2O3. The third-order valence-corrected chi connectivity index (χ3v) is 7.35. The molecule has 1 heterocycles. The fourth-order valence-electron chi connectivity index (χ4n) is 5.22. The Morgan fingerprint density at radius 3 is 2.47 bits per heavy atom. The maximum absolute atomic E-state index is 13.9. The zero-order chi connectivity index (χ0) is 24.9. The SMILES string of the molecule is Cc1cc(C(=O)c2c(C)nn(C)c2OC(=O)c2ccc(Cl)cc2Cl)c(C)c2c1CCCC2(C)C. The van der Waals surface area contributed by atoms with Crippen molar-refractivity contribution in [3.8, 4) is 5.88 Å². The van der Waals surface area contributed by atoms with E-state index >= 15 is 0 Å². The molecule has 178 valence electrons. The van der Waals surface area contributed by atoms with Crippen molar-refractivity contribution in [2.75, 3.05) is 0 Å². The fraction of sp³-hybridized carbons (Fsp3) is 0.370. The summed E-state index contributed by atoms with van der Waals surface area (Å²) in [5.74, 6) is -0.800. The van der Waals surface area contributed by atoms with Crippen LogP contribution in [0.1, 0.15) is 80.9 Å². The Labute approximate surface area is 210 Å². The molecule has 0 amide bonds. The Balaban J connectivity index is 1.79. The Kier molecular flexibility index (Phi) is 6.38. The van der Waals surface area contributed by atoms with Gasteiger partial charge < -0.3 is 4.74 Å². The molecule has 34 heavy (non-hydrogen) atoms. The minimum Gasteiger partial charge on any atom is -0.403 e. The van der Waals surface area contributed by atoms with Gasteiger partial charge in [-0.1, -0.05) is 37.0 Å². The van der Waals surface area contributed by atoms with Gasteiger partial charge in [0.15, 0.2) is 0 Å². The van der Waals surface area contributed by atoms with E-state index in [1.165, 1.54) is 27.9 Å². The van der Waals surface area contributed by atoms with Gasteiger partial charge in [-0.25, -0.2) is 9.48 Å². The molecule has 3 aromatic rings. The van der Waals surface area contributed by atoms with Crippen LogP contribution in [0.3, 0.4) is 0 Å². The number of benzene rings is 2. The van der Waals surface area contributed by atoms with Crippen molar-refractivity contribution in [3.63, 3.8) is 0 Å². The second-order valence-corrected chi connectivity index (χ2v) is 10.5. The van der Waals surface area contributed by atoms with Crippen LogP contribution in [0.2, 0.25) is 10.0 Å². The predicted molar refractivity (Wildman–Crippen MR) is 135 cm³/mol. The summed E-state index contributed by atoms with van der Waals surface area (Å²) in [6, 6.07) is 6.50. The molecule has 1 aliphatic carbocycles. The van der Waals surface area contributed by atoms with E-state index in [1.807, 2.05) is 13.0 Å². The van der Waals surface area contributed by atoms with Crippen LogP contribution in [-0.4, -0.2) is 21.5 Å². The Hall–Kier alpha value is -2.63. The van der Waals surface area contributed by atoms with Gasteiger partial charge in [-0.2, -0.15) is 5.10 Å². The second kappa shape index (κ2) is 8.86. The van der Waals surface area contributed by atoms with Gasteiger partial charge in [-0.05, 0) is 92.0 Å². The number of aryl methyl sites for hydroxylation is 3. The highest BCUT2D eigenvalue weighted by atomic mass is 35.5. The number of aromatic nitrogens is 2. The summed E-state index contributed by atoms with van der Waals surface area (Å²) in [6.45, 7) is 10.3. The van der Waals surface area contributed by atoms with Crippen LogP contribution in [0, 0.1) is 20.8 Å². The Morgan fingerprint density at radius 1 is 1.09 bits per heavy atom. The molecule has 0 unspecified atom stereocenters. The summed E-state index contributed by atoms with van der Waals surface area (Å²) in [4.78, 5) is 26.8. The lowest BCUT2D eigenvalue weighted by molar-refractivity contribution is 0.0718. The first-order chi connectivity index (χ1) is 15.9. The minimum atomic E-state index is -0.682. The van der Waals surface area contributed by atoms with Crippen molar-refractivity contribution in [1.29, 1.82) is 0 Å². The number of ketones is 1. The summed E-state index contributed by atoms with van der Waals surface area (Å²) in [6.07, 6.45) is 3.24. The zero-order valence-corrected chi connectivity index (χ0v) is 21.8. The number of hydrogen-bond acceptors (Lipinski definition) is 4. The van der Waals surface area contributed by atoms with Crippen LogP contribution >= 0.6 is 23.2 Å². The second-order valence-electron chi connectivity index (χ2n) is 9.69. The van der Waals surface area contributed by atoms with Crippen molar-refractivity contribution in [2.45, 2.75) is 59.3 Å². The topological polar surface area (TPSA) is 61.2 Å². The molecule has 0 bridgehead atoms. The first-order valence-corrected chi connectivity index (χ1v) is 12.1. The molecule has 0 radical (unpaired) electrons. The Bertz CT molecular complexity index is 1340. The monoisotopic (exact) mass is 498 g/mol. The van der Waals surface area contributed by atoms with Crippen LogP contribution in [0.25, 0.3) is 0 Å². The first kappa shape index (κ1) is 24.5. The van der Waals surface area contributed by atoms with Gasteiger partial charge in [0.2, 0.25) is 11.7 Å². The highest BCUT2D eigenvalue weighted by molar-refractivity contribution is 6.36. The van der Waals surface area contributed by atoms with Gasteiger partial charge in [0.25, 0.3) is 0 Å². The molecule has 1 aromatic heterocycles. The molecule has 4 rings (SSSR count). The molecule has 0 atom stereocenters. The molecule has 0 spiro atoms. The van der Waals surface area contributed by atoms with Crippen LogP contribution < -0.4 is 4.74 Å². The summed E-state index contributed by atoms with van der Waals surface area (Å²) < 4.78 is 7.09. The third kappa shape index (κ3) is 4.16. The van der Waals surface area contributed by atoms with Crippen molar-refractivity contribution in [2.24, 2.45) is 7.05 Å². The molecule has 0 N–H and O–H groups in total. The highest BCUT2D eigenvalue weighted by Crippen LogP contribution is 2.42. The van der Waals surface area contributed by atoms with Gasteiger partial charge in [-0.3, -0.25) is 4.79 Å². The van der Waals surface area contributed by atoms with Gasteiger partial charge >= 0.3 is 5.97 Å². The lowest BCUT2D eigenvalue weighted by Crippen LogP contribution is -2.27. The van der Waals surface area contributed by atoms with Gasteiger partial charge in [0.05, 0.1) is 16.3 Å². The molecule has 1 aliphatic rings. The van der Waals surface area contributed by atoms with Crippen LogP contribution in [-0.2, 0) is 18.9 Å². The molecule has 0 saturated carbocycles. The van der Waals surface area contributed by atoms with E-state index < -0.39 is 5.97 Å². The van der Waals surface area contributed by atoms with E-state index in [2.05, 4.69) is 25.9 Å². The number of nitrogens with zero attached hydrogens (tertiary/aromatic N) is 2. The molecular weight excluding hydrogens is 471 g/mol. The van der Waals surface area contributed by atoms with E-state index in [0.717, 1.165) is 30.4 Å². The number of esters is 1. The van der Waals surface area contributed by atoms with E-state index in [1.54, 1.807) is 20.0 Å². The number of fused-ring (bicyclic) bond motifs is 1. The summed E-state index contributed by atoms with van der Waals surface area (Å²) in [5.41, 5.74) is 6.23. The van der Waals surface area contributed by atoms with Crippen molar-refractivity contribution < 1.29 is 14.3 Å². The number of carbonyl (C=O) groups is 2. The molecule has 5 nitrogen and oxygen atoms in total. The van der Waals surface area contributed by atoms with Crippen molar-refractivity contribution >= 4 is 35.0 Å². The minimum absolute atomic E-state index is 0.0106. The fourth-order valence-corrected chi connectivity index (χ4v) is 5.71. The normalized spacial score (nSPS) is 14.6.